The molecule has 1 aliphatic carbocycles. The van der Waals surface area contributed by atoms with Crippen molar-refractivity contribution in [3.8, 4) is 0 Å². The molecular weight excluding hydrogens is 306 g/mol. The van der Waals surface area contributed by atoms with E-state index in [0.717, 1.165) is 13.0 Å². The van der Waals surface area contributed by atoms with Gasteiger partial charge in [0.05, 0.1) is 6.10 Å². The van der Waals surface area contributed by atoms with Crippen LogP contribution in [0.3, 0.4) is 0 Å². The van der Waals surface area contributed by atoms with E-state index in [4.69, 9.17) is 4.74 Å². The Bertz CT molecular complexity index is 771. The zero-order chi connectivity index (χ0) is 17.8. The summed E-state index contributed by atoms with van der Waals surface area (Å²) in [5.74, 6) is 0.393. The fraction of sp³-hybridized carbons (Fsp3) is 0.391. The Hall–Kier alpha value is -2.06. The maximum Gasteiger partial charge on any atom is 0.0816 e. The molecule has 0 aliphatic heterocycles. The van der Waals surface area contributed by atoms with Gasteiger partial charge in [-0.05, 0) is 35.8 Å². The lowest BCUT2D eigenvalue weighted by atomic mass is 9.96. The number of rotatable bonds is 6. The highest BCUT2D eigenvalue weighted by Gasteiger charge is 2.22. The van der Waals surface area contributed by atoms with Crippen LogP contribution in [0.2, 0.25) is 0 Å². The first-order valence-electron chi connectivity index (χ1n) is 9.30. The number of hydrogen-bond acceptors (Lipinski definition) is 2. The molecule has 0 spiro atoms. The molecule has 2 aromatic carbocycles. The van der Waals surface area contributed by atoms with Gasteiger partial charge in [0.1, 0.15) is 0 Å². The maximum absolute atomic E-state index is 5.54. The second kappa shape index (κ2) is 7.88. The molecule has 0 amide bonds. The summed E-state index contributed by atoms with van der Waals surface area (Å²) in [7, 11) is 1.78. The third-order valence-corrected chi connectivity index (χ3v) is 5.36. The standard InChI is InChI=1S/C23H29NO/c1-5-18(3)24(21-13-14-23(25-4)17(2)15-21)16-20-11-8-10-19-9-6-7-12-22(19)20/h6-15,17-18,23H,5,16H2,1-4H3. The van der Waals surface area contributed by atoms with Gasteiger partial charge in [-0.2, -0.15) is 0 Å². The van der Waals surface area contributed by atoms with E-state index in [0.29, 0.717) is 12.0 Å². The molecule has 2 nitrogen and oxygen atoms in total. The van der Waals surface area contributed by atoms with E-state index in [-0.39, 0.29) is 6.10 Å². The molecular formula is C23H29NO. The number of benzene rings is 2. The van der Waals surface area contributed by atoms with E-state index >= 15 is 0 Å². The molecule has 2 heteroatoms. The molecule has 0 N–H and O–H groups in total. The number of ether oxygens (including phenoxy) is 1. The Kier molecular flexibility index (Phi) is 5.60. The van der Waals surface area contributed by atoms with Crippen molar-refractivity contribution in [3.05, 3.63) is 72.0 Å². The minimum atomic E-state index is 0.181. The lowest BCUT2D eigenvalue weighted by molar-refractivity contribution is 0.109. The van der Waals surface area contributed by atoms with Crippen LogP contribution >= 0.6 is 0 Å². The lowest BCUT2D eigenvalue weighted by Crippen LogP contribution is -2.33. The fourth-order valence-corrected chi connectivity index (χ4v) is 3.61. The predicted molar refractivity (Wildman–Crippen MR) is 106 cm³/mol. The minimum absolute atomic E-state index is 0.181. The van der Waals surface area contributed by atoms with Crippen molar-refractivity contribution in [3.63, 3.8) is 0 Å². The number of methoxy groups -OCH3 is 1. The predicted octanol–water partition coefficient (Wildman–Crippen LogP) is 5.55. The Morgan fingerprint density at radius 3 is 2.60 bits per heavy atom. The number of nitrogens with zero attached hydrogens (tertiary/aromatic N) is 1. The molecule has 0 radical (unpaired) electrons. The van der Waals surface area contributed by atoms with Gasteiger partial charge in [-0.1, -0.05) is 68.5 Å². The molecule has 3 unspecified atom stereocenters. The molecule has 132 valence electrons. The van der Waals surface area contributed by atoms with Crippen LogP contribution in [-0.2, 0) is 11.3 Å². The van der Waals surface area contributed by atoms with Gasteiger partial charge in [0, 0.05) is 31.3 Å². The summed E-state index contributed by atoms with van der Waals surface area (Å²) in [6.07, 6.45) is 8.08. The smallest absolute Gasteiger partial charge is 0.0816 e. The van der Waals surface area contributed by atoms with Crippen molar-refractivity contribution in [2.75, 3.05) is 7.11 Å². The molecule has 0 saturated heterocycles. The van der Waals surface area contributed by atoms with Crippen LogP contribution < -0.4 is 0 Å². The average Bonchev–Trinajstić information content (AvgIpc) is 2.65. The zero-order valence-electron chi connectivity index (χ0n) is 15.8. The highest BCUT2D eigenvalue weighted by atomic mass is 16.5. The highest BCUT2D eigenvalue weighted by Crippen LogP contribution is 2.27. The van der Waals surface area contributed by atoms with Gasteiger partial charge in [0.15, 0.2) is 0 Å². The van der Waals surface area contributed by atoms with Crippen molar-refractivity contribution >= 4 is 10.8 Å². The third kappa shape index (κ3) is 3.80. The van der Waals surface area contributed by atoms with Crippen LogP contribution in [0.1, 0.15) is 32.8 Å². The molecule has 3 rings (SSSR count). The first kappa shape index (κ1) is 17.8. The Labute approximate surface area is 151 Å². The van der Waals surface area contributed by atoms with Crippen molar-refractivity contribution in [2.24, 2.45) is 5.92 Å². The molecule has 0 aromatic heterocycles. The summed E-state index contributed by atoms with van der Waals surface area (Å²) in [5.41, 5.74) is 2.69. The summed E-state index contributed by atoms with van der Waals surface area (Å²) in [6, 6.07) is 15.8. The largest absolute Gasteiger partial charge is 0.377 e. The molecule has 0 saturated carbocycles. The van der Waals surface area contributed by atoms with E-state index in [1.807, 2.05) is 0 Å². The monoisotopic (exact) mass is 335 g/mol. The lowest BCUT2D eigenvalue weighted by Gasteiger charge is -2.35. The zero-order valence-corrected chi connectivity index (χ0v) is 15.8. The van der Waals surface area contributed by atoms with Crippen LogP contribution in [0.5, 0.6) is 0 Å². The molecule has 0 bridgehead atoms. The maximum atomic E-state index is 5.54. The molecule has 3 atom stereocenters. The SMILES string of the molecule is CCC(C)N(Cc1cccc2ccccc12)C1=CC(C)C(OC)C=C1. The average molecular weight is 335 g/mol. The Morgan fingerprint density at radius 2 is 1.88 bits per heavy atom. The summed E-state index contributed by atoms with van der Waals surface area (Å²) in [6.45, 7) is 7.73. The molecule has 1 aliphatic rings. The van der Waals surface area contributed by atoms with Crippen LogP contribution in [0, 0.1) is 5.92 Å². The molecule has 0 heterocycles. The topological polar surface area (TPSA) is 12.5 Å². The summed E-state index contributed by atoms with van der Waals surface area (Å²) >= 11 is 0. The molecule has 0 fully saturated rings. The molecule has 2 aromatic rings. The van der Waals surface area contributed by atoms with Gasteiger partial charge < -0.3 is 9.64 Å². The van der Waals surface area contributed by atoms with Crippen LogP contribution in [0.15, 0.2) is 66.4 Å². The van der Waals surface area contributed by atoms with Gasteiger partial charge in [-0.15, -0.1) is 0 Å². The normalized spacial score (nSPS) is 21.2. The third-order valence-electron chi connectivity index (χ3n) is 5.36. The second-order valence-electron chi connectivity index (χ2n) is 7.03. The van der Waals surface area contributed by atoms with Gasteiger partial charge in [0.2, 0.25) is 0 Å². The second-order valence-corrected chi connectivity index (χ2v) is 7.03. The van der Waals surface area contributed by atoms with Crippen molar-refractivity contribution < 1.29 is 4.74 Å². The summed E-state index contributed by atoms with van der Waals surface area (Å²) in [5, 5.41) is 2.66. The van der Waals surface area contributed by atoms with Gasteiger partial charge in [-0.25, -0.2) is 0 Å². The molecule has 25 heavy (non-hydrogen) atoms. The van der Waals surface area contributed by atoms with Crippen LogP contribution in [0.25, 0.3) is 10.8 Å². The van der Waals surface area contributed by atoms with Crippen molar-refractivity contribution in [2.45, 2.75) is 45.9 Å². The van der Waals surface area contributed by atoms with Gasteiger partial charge >= 0.3 is 0 Å². The van der Waals surface area contributed by atoms with E-state index in [9.17, 15) is 0 Å². The number of hydrogen-bond donors (Lipinski definition) is 0. The first-order chi connectivity index (χ1) is 12.1. The van der Waals surface area contributed by atoms with E-state index in [1.54, 1.807) is 7.11 Å². The number of fused-ring (bicyclic) bond motifs is 1. The minimum Gasteiger partial charge on any atom is -0.377 e. The van der Waals surface area contributed by atoms with Crippen LogP contribution in [-0.4, -0.2) is 24.2 Å². The fourth-order valence-electron chi connectivity index (χ4n) is 3.61. The van der Waals surface area contributed by atoms with Crippen molar-refractivity contribution in [1.82, 2.24) is 4.90 Å². The van der Waals surface area contributed by atoms with E-state index in [1.165, 1.54) is 22.0 Å². The number of allylic oxidation sites excluding steroid dienone is 1. The van der Waals surface area contributed by atoms with Crippen molar-refractivity contribution in [1.29, 1.82) is 0 Å². The summed E-state index contributed by atoms with van der Waals surface area (Å²) in [4.78, 5) is 2.53. The quantitative estimate of drug-likeness (QED) is 0.686. The van der Waals surface area contributed by atoms with Gasteiger partial charge in [0.25, 0.3) is 0 Å². The summed E-state index contributed by atoms with van der Waals surface area (Å²) < 4.78 is 5.54. The van der Waals surface area contributed by atoms with Gasteiger partial charge in [-0.3, -0.25) is 0 Å². The Balaban J connectivity index is 1.93. The van der Waals surface area contributed by atoms with E-state index < -0.39 is 0 Å². The van der Waals surface area contributed by atoms with E-state index in [2.05, 4.69) is 86.4 Å². The first-order valence-corrected chi connectivity index (χ1v) is 9.30. The highest BCUT2D eigenvalue weighted by molar-refractivity contribution is 5.85. The van der Waals surface area contributed by atoms with Crippen LogP contribution in [0.4, 0.5) is 0 Å². The Morgan fingerprint density at radius 1 is 1.12 bits per heavy atom.